The van der Waals surface area contributed by atoms with Gasteiger partial charge in [0.2, 0.25) is 0 Å². The molecule has 0 aliphatic rings. The number of anilines is 2. The summed E-state index contributed by atoms with van der Waals surface area (Å²) in [5.74, 6) is 0.287. The number of aliphatic hydroxyl groups is 1. The van der Waals surface area contributed by atoms with Crippen LogP contribution >= 0.6 is 0 Å². The van der Waals surface area contributed by atoms with Crippen molar-refractivity contribution >= 4 is 11.5 Å². The predicted molar refractivity (Wildman–Crippen MR) is 42.4 cm³/mol. The van der Waals surface area contributed by atoms with Gasteiger partial charge in [0.25, 0.3) is 0 Å². The van der Waals surface area contributed by atoms with Gasteiger partial charge in [0.05, 0.1) is 25.0 Å². The summed E-state index contributed by atoms with van der Waals surface area (Å²) in [6.45, 7) is 0.459. The summed E-state index contributed by atoms with van der Waals surface area (Å²) in [5, 5.41) is 12.2. The molecule has 0 atom stereocenters. The van der Waals surface area contributed by atoms with E-state index in [1.54, 1.807) is 6.20 Å². The van der Waals surface area contributed by atoms with Crippen LogP contribution in [0.1, 0.15) is 0 Å². The average Bonchev–Trinajstić information content (AvgIpc) is 2.28. The number of nitrogens with two attached hydrogens (primary N) is 2. The molecule has 1 aromatic heterocycles. The van der Waals surface area contributed by atoms with Gasteiger partial charge in [-0.2, -0.15) is 4.79 Å². The number of hydrogen-bond donors (Lipinski definition) is 4. The third-order valence-electron chi connectivity index (χ3n) is 1.16. The van der Waals surface area contributed by atoms with Gasteiger partial charge in [0.1, 0.15) is 0 Å². The van der Waals surface area contributed by atoms with Gasteiger partial charge >= 0.3 is 0 Å². The molecule has 0 unspecified atom stereocenters. The Morgan fingerprint density at radius 2 is 2.36 bits per heavy atom. The van der Waals surface area contributed by atoms with E-state index >= 15 is 0 Å². The number of nitrogens with one attached hydrogen (secondary N) is 1. The van der Waals surface area contributed by atoms with Crippen molar-refractivity contribution in [1.29, 1.82) is 0 Å². The maximum Gasteiger partial charge on any atom is 0.170 e. The molecule has 0 aliphatic carbocycles. The van der Waals surface area contributed by atoms with Crippen LogP contribution in [0.4, 0.5) is 11.5 Å². The summed E-state index contributed by atoms with van der Waals surface area (Å²) < 4.78 is 0. The lowest BCUT2D eigenvalue weighted by molar-refractivity contribution is 0.306. The van der Waals surface area contributed by atoms with Crippen LogP contribution < -0.4 is 16.9 Å². The normalized spacial score (nSPS) is 9.91. The highest BCUT2D eigenvalue weighted by Gasteiger charge is 1.98. The van der Waals surface area contributed by atoms with E-state index in [-0.39, 0.29) is 12.4 Å². The summed E-state index contributed by atoms with van der Waals surface area (Å²) in [4.78, 5) is 1.38. The lowest BCUT2D eigenvalue weighted by Gasteiger charge is -2.00. The molecule has 62 valence electrons. The Kier molecular flexibility index (Phi) is 2.17. The number of nitrogens with zero attached hydrogens (tertiary/aromatic N) is 2. The van der Waals surface area contributed by atoms with Gasteiger partial charge < -0.3 is 22.0 Å². The van der Waals surface area contributed by atoms with Gasteiger partial charge in [-0.15, -0.1) is 5.10 Å². The van der Waals surface area contributed by atoms with Gasteiger partial charge in [-0.25, -0.2) is 0 Å². The SMILES string of the molecule is Nc1cn(NCCO)nc1N. The topological polar surface area (TPSA) is 102 Å². The number of rotatable bonds is 3. The number of hydrogen-bond acceptors (Lipinski definition) is 5. The first-order valence-electron chi connectivity index (χ1n) is 3.19. The molecule has 0 aliphatic heterocycles. The molecule has 6 heteroatoms. The lowest BCUT2D eigenvalue weighted by atomic mass is 10.5. The largest absolute Gasteiger partial charge is 0.394 e. The second-order valence-electron chi connectivity index (χ2n) is 2.05. The Bertz CT molecular complexity index is 213. The number of nitrogen functional groups attached to an aromatic ring is 2. The molecule has 6 nitrogen and oxygen atoms in total. The van der Waals surface area contributed by atoms with Crippen LogP contribution in [0.15, 0.2) is 6.20 Å². The van der Waals surface area contributed by atoms with Crippen molar-refractivity contribution in [2.75, 3.05) is 30.0 Å². The standard InChI is InChI=1S/C5H11N5O/c6-4-3-10(8-1-2-11)9-5(4)7/h3,8,11H,1-2,6H2,(H2,7,9). The maximum atomic E-state index is 8.44. The Hall–Kier alpha value is -1.43. The summed E-state index contributed by atoms with van der Waals surface area (Å²) in [6.07, 6.45) is 1.55. The molecular formula is C5H11N5O. The van der Waals surface area contributed by atoms with Crippen LogP contribution in [-0.4, -0.2) is 28.1 Å². The van der Waals surface area contributed by atoms with E-state index in [1.807, 2.05) is 0 Å². The van der Waals surface area contributed by atoms with Gasteiger partial charge in [-0.05, 0) is 0 Å². The summed E-state index contributed by atoms with van der Waals surface area (Å²) in [6, 6.07) is 0. The van der Waals surface area contributed by atoms with E-state index in [0.29, 0.717) is 12.2 Å². The first-order chi connectivity index (χ1) is 5.24. The monoisotopic (exact) mass is 157 g/mol. The third-order valence-corrected chi connectivity index (χ3v) is 1.16. The molecule has 0 radical (unpaired) electrons. The fraction of sp³-hybridized carbons (Fsp3) is 0.400. The van der Waals surface area contributed by atoms with Gasteiger partial charge in [-0.3, -0.25) is 0 Å². The third kappa shape index (κ3) is 1.74. The van der Waals surface area contributed by atoms with Crippen molar-refractivity contribution in [3.8, 4) is 0 Å². The van der Waals surface area contributed by atoms with Crippen LogP contribution in [0.25, 0.3) is 0 Å². The minimum absolute atomic E-state index is 0.0413. The molecule has 1 rings (SSSR count). The zero-order chi connectivity index (χ0) is 8.27. The maximum absolute atomic E-state index is 8.44. The molecule has 0 bridgehead atoms. The van der Waals surface area contributed by atoms with Crippen LogP contribution in [-0.2, 0) is 0 Å². The van der Waals surface area contributed by atoms with Crippen molar-refractivity contribution in [1.82, 2.24) is 9.89 Å². The van der Waals surface area contributed by atoms with Gasteiger partial charge in [0.15, 0.2) is 5.82 Å². The van der Waals surface area contributed by atoms with Crippen LogP contribution in [0.3, 0.4) is 0 Å². The quantitative estimate of drug-likeness (QED) is 0.431. The van der Waals surface area contributed by atoms with Crippen molar-refractivity contribution < 1.29 is 5.11 Å². The van der Waals surface area contributed by atoms with Gasteiger partial charge in [0, 0.05) is 0 Å². The molecule has 1 aromatic rings. The van der Waals surface area contributed by atoms with Crippen LogP contribution in [0, 0.1) is 0 Å². The minimum Gasteiger partial charge on any atom is -0.394 e. The van der Waals surface area contributed by atoms with E-state index in [1.165, 1.54) is 4.79 Å². The highest BCUT2D eigenvalue weighted by molar-refractivity contribution is 5.56. The van der Waals surface area contributed by atoms with Crippen molar-refractivity contribution in [2.24, 2.45) is 0 Å². The molecular weight excluding hydrogens is 146 g/mol. The minimum atomic E-state index is 0.0413. The van der Waals surface area contributed by atoms with E-state index in [2.05, 4.69) is 10.5 Å². The van der Waals surface area contributed by atoms with Crippen LogP contribution in [0.5, 0.6) is 0 Å². The van der Waals surface area contributed by atoms with Crippen molar-refractivity contribution in [3.05, 3.63) is 6.20 Å². The Morgan fingerprint density at radius 1 is 1.64 bits per heavy atom. The van der Waals surface area contributed by atoms with Gasteiger partial charge in [-0.1, -0.05) is 0 Å². The highest BCUT2D eigenvalue weighted by Crippen LogP contribution is 2.07. The zero-order valence-electron chi connectivity index (χ0n) is 5.99. The van der Waals surface area contributed by atoms with Crippen molar-refractivity contribution in [2.45, 2.75) is 0 Å². The number of aliphatic hydroxyl groups excluding tert-OH is 1. The molecule has 1 heterocycles. The summed E-state index contributed by atoms with van der Waals surface area (Å²) in [7, 11) is 0. The highest BCUT2D eigenvalue weighted by atomic mass is 16.3. The Labute approximate surface area is 63.8 Å². The molecule has 0 saturated heterocycles. The Morgan fingerprint density at radius 3 is 2.82 bits per heavy atom. The predicted octanol–water partition coefficient (Wildman–Crippen LogP) is -1.42. The summed E-state index contributed by atoms with van der Waals surface area (Å²) in [5.41, 5.74) is 13.9. The molecule has 0 amide bonds. The fourth-order valence-electron chi connectivity index (χ4n) is 0.646. The molecule has 0 saturated carbocycles. The molecule has 6 N–H and O–H groups in total. The second-order valence-corrected chi connectivity index (χ2v) is 2.05. The van der Waals surface area contributed by atoms with Crippen molar-refractivity contribution in [3.63, 3.8) is 0 Å². The van der Waals surface area contributed by atoms with E-state index in [9.17, 15) is 0 Å². The molecule has 0 fully saturated rings. The first kappa shape index (κ1) is 7.67. The molecule has 11 heavy (non-hydrogen) atoms. The smallest absolute Gasteiger partial charge is 0.170 e. The first-order valence-corrected chi connectivity index (χ1v) is 3.19. The Balaban J connectivity index is 2.58. The second kappa shape index (κ2) is 3.11. The van der Waals surface area contributed by atoms with E-state index in [4.69, 9.17) is 16.6 Å². The van der Waals surface area contributed by atoms with E-state index < -0.39 is 0 Å². The zero-order valence-corrected chi connectivity index (χ0v) is 5.99. The lowest BCUT2D eigenvalue weighted by Crippen LogP contribution is -2.18. The summed E-state index contributed by atoms with van der Waals surface area (Å²) >= 11 is 0. The van der Waals surface area contributed by atoms with E-state index in [0.717, 1.165) is 0 Å². The average molecular weight is 157 g/mol. The molecule has 0 aromatic carbocycles. The fourth-order valence-corrected chi connectivity index (χ4v) is 0.646. The molecule has 0 spiro atoms. The van der Waals surface area contributed by atoms with Crippen LogP contribution in [0.2, 0.25) is 0 Å². The number of aromatic nitrogens is 2.